The van der Waals surface area contributed by atoms with Crippen LogP contribution in [0, 0.1) is 5.92 Å². The van der Waals surface area contributed by atoms with E-state index >= 15 is 0 Å². The van der Waals surface area contributed by atoms with Crippen LogP contribution in [0.15, 0.2) is 24.3 Å². The molecule has 0 unspecified atom stereocenters. The normalized spacial score (nSPS) is 14.8. The van der Waals surface area contributed by atoms with Crippen molar-refractivity contribution in [2.45, 2.75) is 38.6 Å². The lowest BCUT2D eigenvalue weighted by Crippen LogP contribution is -2.27. The summed E-state index contributed by atoms with van der Waals surface area (Å²) in [4.78, 5) is 24.4. The first kappa shape index (κ1) is 16.3. The number of aliphatic carboxylic acids is 1. The Labute approximate surface area is 130 Å². The molecule has 1 saturated carbocycles. The van der Waals surface area contributed by atoms with Gasteiger partial charge in [0.15, 0.2) is 6.61 Å². The summed E-state index contributed by atoms with van der Waals surface area (Å²) in [7, 11) is 1.83. The summed E-state index contributed by atoms with van der Waals surface area (Å²) < 4.78 is 5.08. The van der Waals surface area contributed by atoms with Gasteiger partial charge in [-0.25, -0.2) is 4.79 Å². The molecule has 1 aromatic rings. The van der Waals surface area contributed by atoms with Crippen LogP contribution in [0.4, 0.5) is 0 Å². The number of nitrogens with zero attached hydrogens (tertiary/aromatic N) is 1. The van der Waals surface area contributed by atoms with Crippen LogP contribution < -0.4 is 4.74 Å². The van der Waals surface area contributed by atoms with Gasteiger partial charge in [0.1, 0.15) is 5.75 Å². The maximum absolute atomic E-state index is 12.2. The standard InChI is InChI=1S/C17H23NO4/c1-18(16(19)10-13-4-2-3-5-13)11-14-6-8-15(9-7-14)22-12-17(20)21/h6-9,13H,2-5,10-12H2,1H3,(H,20,21). The number of carbonyl (C=O) groups is 2. The van der Waals surface area contributed by atoms with Gasteiger partial charge >= 0.3 is 5.97 Å². The van der Waals surface area contributed by atoms with E-state index in [0.717, 1.165) is 5.56 Å². The Morgan fingerprint density at radius 2 is 1.86 bits per heavy atom. The third-order valence-electron chi connectivity index (χ3n) is 4.07. The number of carboxylic acid groups (broad SMARTS) is 1. The summed E-state index contributed by atoms with van der Waals surface area (Å²) in [5, 5.41) is 8.56. The summed E-state index contributed by atoms with van der Waals surface area (Å²) in [6.07, 6.45) is 5.50. The molecule has 0 heterocycles. The van der Waals surface area contributed by atoms with Gasteiger partial charge in [0.25, 0.3) is 0 Å². The van der Waals surface area contributed by atoms with Gasteiger partial charge in [0.05, 0.1) is 0 Å². The largest absolute Gasteiger partial charge is 0.482 e. The molecular formula is C17H23NO4. The van der Waals surface area contributed by atoms with Crippen molar-refractivity contribution in [3.63, 3.8) is 0 Å². The van der Waals surface area contributed by atoms with E-state index < -0.39 is 5.97 Å². The fraction of sp³-hybridized carbons (Fsp3) is 0.529. The van der Waals surface area contributed by atoms with Crippen LogP contribution in [-0.4, -0.2) is 35.5 Å². The number of ether oxygens (including phenoxy) is 1. The van der Waals surface area contributed by atoms with Crippen LogP contribution in [0.25, 0.3) is 0 Å². The van der Waals surface area contributed by atoms with Crippen molar-refractivity contribution in [1.82, 2.24) is 4.90 Å². The highest BCUT2D eigenvalue weighted by molar-refractivity contribution is 5.76. The number of rotatable bonds is 7. The predicted octanol–water partition coefficient (Wildman–Crippen LogP) is 2.69. The molecule has 22 heavy (non-hydrogen) atoms. The molecule has 0 aliphatic heterocycles. The third kappa shape index (κ3) is 5.06. The molecule has 5 heteroatoms. The Morgan fingerprint density at radius 3 is 2.45 bits per heavy atom. The van der Waals surface area contributed by atoms with Crippen molar-refractivity contribution in [3.05, 3.63) is 29.8 Å². The quantitative estimate of drug-likeness (QED) is 0.841. The zero-order valence-electron chi connectivity index (χ0n) is 13.0. The average Bonchev–Trinajstić information content (AvgIpc) is 2.99. The van der Waals surface area contributed by atoms with E-state index in [2.05, 4.69) is 0 Å². The van der Waals surface area contributed by atoms with Gasteiger partial charge in [-0.05, 0) is 36.5 Å². The van der Waals surface area contributed by atoms with Crippen molar-refractivity contribution >= 4 is 11.9 Å². The molecule has 2 rings (SSSR count). The minimum absolute atomic E-state index is 0.193. The Kier molecular flexibility index (Phi) is 5.81. The van der Waals surface area contributed by atoms with Crippen molar-refractivity contribution in [2.75, 3.05) is 13.7 Å². The molecule has 0 atom stereocenters. The summed E-state index contributed by atoms with van der Waals surface area (Å²) in [6, 6.07) is 7.17. The monoisotopic (exact) mass is 305 g/mol. The highest BCUT2D eigenvalue weighted by Crippen LogP contribution is 2.28. The Bertz CT molecular complexity index is 506. The second kappa shape index (κ2) is 7.82. The van der Waals surface area contributed by atoms with E-state index in [0.29, 0.717) is 24.6 Å². The van der Waals surface area contributed by atoms with Gasteiger partial charge < -0.3 is 14.7 Å². The summed E-state index contributed by atoms with van der Waals surface area (Å²) in [5.41, 5.74) is 1.00. The minimum atomic E-state index is -0.999. The Morgan fingerprint density at radius 1 is 1.23 bits per heavy atom. The van der Waals surface area contributed by atoms with Crippen molar-refractivity contribution in [3.8, 4) is 5.75 Å². The predicted molar refractivity (Wildman–Crippen MR) is 82.6 cm³/mol. The fourth-order valence-corrected chi connectivity index (χ4v) is 2.82. The minimum Gasteiger partial charge on any atom is -0.482 e. The molecule has 1 aliphatic carbocycles. The zero-order valence-corrected chi connectivity index (χ0v) is 13.0. The van der Waals surface area contributed by atoms with E-state index in [1.54, 1.807) is 17.0 Å². The van der Waals surface area contributed by atoms with Crippen LogP contribution in [0.1, 0.15) is 37.7 Å². The van der Waals surface area contributed by atoms with E-state index in [4.69, 9.17) is 9.84 Å². The molecule has 1 N–H and O–H groups in total. The van der Waals surface area contributed by atoms with Gasteiger partial charge in [0.2, 0.25) is 5.91 Å². The van der Waals surface area contributed by atoms with Crippen LogP contribution in [0.2, 0.25) is 0 Å². The summed E-state index contributed by atoms with van der Waals surface area (Å²) in [6.45, 7) is 0.212. The molecule has 120 valence electrons. The lowest BCUT2D eigenvalue weighted by atomic mass is 10.0. The Balaban J connectivity index is 1.81. The first-order valence-electron chi connectivity index (χ1n) is 7.72. The number of amides is 1. The molecule has 0 saturated heterocycles. The molecule has 0 spiro atoms. The van der Waals surface area contributed by atoms with Crippen molar-refractivity contribution < 1.29 is 19.4 Å². The van der Waals surface area contributed by atoms with Gasteiger partial charge in [-0.2, -0.15) is 0 Å². The Hall–Kier alpha value is -2.04. The van der Waals surface area contributed by atoms with Crippen molar-refractivity contribution in [2.24, 2.45) is 5.92 Å². The van der Waals surface area contributed by atoms with Gasteiger partial charge in [-0.15, -0.1) is 0 Å². The van der Waals surface area contributed by atoms with Crippen LogP contribution in [-0.2, 0) is 16.1 Å². The summed E-state index contributed by atoms with van der Waals surface area (Å²) in [5.74, 6) is 0.271. The van der Waals surface area contributed by atoms with E-state index in [1.165, 1.54) is 25.7 Å². The third-order valence-corrected chi connectivity index (χ3v) is 4.07. The molecule has 1 amide bonds. The van der Waals surface area contributed by atoms with Crippen molar-refractivity contribution in [1.29, 1.82) is 0 Å². The van der Waals surface area contributed by atoms with Crippen LogP contribution in [0.3, 0.4) is 0 Å². The smallest absolute Gasteiger partial charge is 0.341 e. The summed E-state index contributed by atoms with van der Waals surface area (Å²) >= 11 is 0. The average molecular weight is 305 g/mol. The highest BCUT2D eigenvalue weighted by Gasteiger charge is 2.20. The molecule has 1 aromatic carbocycles. The maximum Gasteiger partial charge on any atom is 0.341 e. The molecule has 0 aromatic heterocycles. The van der Waals surface area contributed by atoms with E-state index in [9.17, 15) is 9.59 Å². The van der Waals surface area contributed by atoms with Crippen LogP contribution in [0.5, 0.6) is 5.75 Å². The van der Waals surface area contributed by atoms with Crippen LogP contribution >= 0.6 is 0 Å². The second-order valence-electron chi connectivity index (χ2n) is 5.93. The molecule has 0 bridgehead atoms. The SMILES string of the molecule is CN(Cc1ccc(OCC(=O)O)cc1)C(=O)CC1CCCC1. The second-order valence-corrected chi connectivity index (χ2v) is 5.93. The number of carboxylic acids is 1. The molecular weight excluding hydrogens is 282 g/mol. The lowest BCUT2D eigenvalue weighted by Gasteiger charge is -2.19. The zero-order chi connectivity index (χ0) is 15.9. The number of hydrogen-bond acceptors (Lipinski definition) is 3. The molecule has 1 fully saturated rings. The number of carbonyl (C=O) groups excluding carboxylic acids is 1. The first-order valence-corrected chi connectivity index (χ1v) is 7.72. The topological polar surface area (TPSA) is 66.8 Å². The lowest BCUT2D eigenvalue weighted by molar-refractivity contribution is -0.139. The fourth-order valence-electron chi connectivity index (χ4n) is 2.82. The van der Waals surface area contributed by atoms with E-state index in [1.807, 2.05) is 19.2 Å². The number of benzene rings is 1. The van der Waals surface area contributed by atoms with Gasteiger partial charge in [-0.3, -0.25) is 4.79 Å². The maximum atomic E-state index is 12.2. The van der Waals surface area contributed by atoms with Gasteiger partial charge in [-0.1, -0.05) is 25.0 Å². The molecule has 0 radical (unpaired) electrons. The molecule has 1 aliphatic rings. The number of hydrogen-bond donors (Lipinski definition) is 1. The highest BCUT2D eigenvalue weighted by atomic mass is 16.5. The van der Waals surface area contributed by atoms with E-state index in [-0.39, 0.29) is 12.5 Å². The van der Waals surface area contributed by atoms with Gasteiger partial charge in [0, 0.05) is 20.0 Å². The first-order chi connectivity index (χ1) is 10.5. The molecule has 5 nitrogen and oxygen atoms in total.